The van der Waals surface area contributed by atoms with E-state index in [9.17, 15) is 9.59 Å². The molecule has 1 aromatic rings. The lowest BCUT2D eigenvalue weighted by molar-refractivity contribution is -0.129. The van der Waals surface area contributed by atoms with Crippen molar-refractivity contribution in [1.29, 1.82) is 0 Å². The fraction of sp³-hybridized carbons (Fsp3) is 0.429. The van der Waals surface area contributed by atoms with Gasteiger partial charge in [-0.25, -0.2) is 0 Å². The number of amides is 2. The predicted octanol–water partition coefficient (Wildman–Crippen LogP) is 2.36. The Labute approximate surface area is 117 Å². The molecule has 1 atom stereocenters. The van der Waals surface area contributed by atoms with Crippen LogP contribution in [0.3, 0.4) is 0 Å². The zero-order valence-electron chi connectivity index (χ0n) is 11.1. The average molecular weight is 281 g/mol. The normalized spacial score (nSPS) is 24.1. The Balaban J connectivity index is 2.43. The lowest BCUT2D eigenvalue weighted by Gasteiger charge is -2.31. The van der Waals surface area contributed by atoms with Crippen LogP contribution in [0.15, 0.2) is 24.3 Å². The first-order chi connectivity index (χ1) is 8.98. The van der Waals surface area contributed by atoms with Crippen LogP contribution in [0.25, 0.3) is 0 Å². The van der Waals surface area contributed by atoms with Gasteiger partial charge in [-0.05, 0) is 25.5 Å². The van der Waals surface area contributed by atoms with Gasteiger partial charge in [-0.3, -0.25) is 9.59 Å². The maximum Gasteiger partial charge on any atom is 0.252 e. The third-order valence-corrected chi connectivity index (χ3v) is 3.86. The Hall–Kier alpha value is -1.55. The number of hydrogen-bond donors (Lipinski definition) is 1. The molecule has 0 spiro atoms. The maximum absolute atomic E-state index is 12.6. The molecule has 0 aromatic heterocycles. The minimum Gasteiger partial charge on any atom is -0.342 e. The molecular formula is C14H17ClN2O2. The Bertz CT molecular complexity index is 518. The monoisotopic (exact) mass is 280 g/mol. The summed E-state index contributed by atoms with van der Waals surface area (Å²) in [5.41, 5.74) is -0.211. The largest absolute Gasteiger partial charge is 0.342 e. The minimum atomic E-state index is -0.868. The van der Waals surface area contributed by atoms with Crippen LogP contribution in [0.4, 0.5) is 5.69 Å². The highest BCUT2D eigenvalue weighted by Crippen LogP contribution is 2.29. The van der Waals surface area contributed by atoms with E-state index in [0.29, 0.717) is 23.7 Å². The number of rotatable bonds is 2. The number of benzene rings is 1. The number of carbonyl (C=O) groups is 2. The van der Waals surface area contributed by atoms with Crippen molar-refractivity contribution in [3.8, 4) is 0 Å². The van der Waals surface area contributed by atoms with Gasteiger partial charge in [0.1, 0.15) is 5.54 Å². The number of anilines is 1. The van der Waals surface area contributed by atoms with Crippen LogP contribution in [0, 0.1) is 0 Å². The van der Waals surface area contributed by atoms with Crippen LogP contribution in [0.5, 0.6) is 0 Å². The molecule has 2 amide bonds. The summed E-state index contributed by atoms with van der Waals surface area (Å²) in [4.78, 5) is 26.0. The zero-order chi connectivity index (χ0) is 14.0. The summed E-state index contributed by atoms with van der Waals surface area (Å²) in [6.07, 6.45) is 0.824. The SMILES string of the molecule is CCC1(C)NC(=O)CCN(c2ccccc2Cl)C1=O. The van der Waals surface area contributed by atoms with Crippen LogP contribution in [-0.4, -0.2) is 23.9 Å². The molecule has 19 heavy (non-hydrogen) atoms. The van der Waals surface area contributed by atoms with Gasteiger partial charge in [0.2, 0.25) is 5.91 Å². The molecule has 102 valence electrons. The standard InChI is InChI=1S/C14H17ClN2O2/c1-3-14(2)13(19)17(9-8-12(18)16-14)11-7-5-4-6-10(11)15/h4-7H,3,8-9H2,1-2H3,(H,16,18). The molecule has 1 saturated heterocycles. The summed E-state index contributed by atoms with van der Waals surface area (Å²) in [6.45, 7) is 3.99. The van der Waals surface area contributed by atoms with E-state index < -0.39 is 5.54 Å². The maximum atomic E-state index is 12.6. The molecule has 0 radical (unpaired) electrons. The van der Waals surface area contributed by atoms with Gasteiger partial charge in [0.05, 0.1) is 10.7 Å². The third-order valence-electron chi connectivity index (χ3n) is 3.55. The summed E-state index contributed by atoms with van der Waals surface area (Å²) in [7, 11) is 0. The molecule has 5 heteroatoms. The van der Waals surface area contributed by atoms with Crippen LogP contribution in [0.1, 0.15) is 26.7 Å². The second kappa shape index (κ2) is 5.21. The Morgan fingerprint density at radius 3 is 2.68 bits per heavy atom. The first kappa shape index (κ1) is 13.9. The van der Waals surface area contributed by atoms with E-state index in [1.807, 2.05) is 19.1 Å². The third kappa shape index (κ3) is 2.59. The van der Waals surface area contributed by atoms with Gasteiger partial charge in [-0.15, -0.1) is 0 Å². The second-order valence-electron chi connectivity index (χ2n) is 4.89. The van der Waals surface area contributed by atoms with Gasteiger partial charge in [-0.1, -0.05) is 30.7 Å². The van der Waals surface area contributed by atoms with Crippen molar-refractivity contribution in [2.24, 2.45) is 0 Å². The molecule has 0 saturated carbocycles. The number of para-hydroxylation sites is 1. The molecule has 1 aliphatic heterocycles. The molecule has 1 heterocycles. The highest BCUT2D eigenvalue weighted by atomic mass is 35.5. The van der Waals surface area contributed by atoms with Crippen molar-refractivity contribution >= 4 is 29.1 Å². The van der Waals surface area contributed by atoms with E-state index >= 15 is 0 Å². The molecule has 1 fully saturated rings. The molecule has 4 nitrogen and oxygen atoms in total. The second-order valence-corrected chi connectivity index (χ2v) is 5.30. The average Bonchev–Trinajstić information content (AvgIpc) is 2.50. The Kier molecular flexibility index (Phi) is 3.80. The molecule has 1 N–H and O–H groups in total. The highest BCUT2D eigenvalue weighted by Gasteiger charge is 2.40. The van der Waals surface area contributed by atoms with Crippen molar-refractivity contribution in [3.63, 3.8) is 0 Å². The molecule has 1 aliphatic rings. The molecular weight excluding hydrogens is 264 g/mol. The molecule has 0 bridgehead atoms. The fourth-order valence-corrected chi connectivity index (χ4v) is 2.41. The van der Waals surface area contributed by atoms with Gasteiger partial charge >= 0.3 is 0 Å². The van der Waals surface area contributed by atoms with Crippen LogP contribution in [0.2, 0.25) is 5.02 Å². The lowest BCUT2D eigenvalue weighted by atomic mass is 9.97. The number of nitrogens with zero attached hydrogens (tertiary/aromatic N) is 1. The quantitative estimate of drug-likeness (QED) is 0.904. The van der Waals surface area contributed by atoms with Crippen molar-refractivity contribution in [2.45, 2.75) is 32.2 Å². The molecule has 2 rings (SSSR count). The van der Waals surface area contributed by atoms with E-state index in [4.69, 9.17) is 11.6 Å². The first-order valence-corrected chi connectivity index (χ1v) is 6.73. The number of carbonyl (C=O) groups excluding carboxylic acids is 2. The van der Waals surface area contributed by atoms with Crippen molar-refractivity contribution in [3.05, 3.63) is 29.3 Å². The fourth-order valence-electron chi connectivity index (χ4n) is 2.18. The van der Waals surface area contributed by atoms with E-state index in [2.05, 4.69) is 5.32 Å². The summed E-state index contributed by atoms with van der Waals surface area (Å²) in [6, 6.07) is 7.19. The van der Waals surface area contributed by atoms with Crippen LogP contribution < -0.4 is 10.2 Å². The van der Waals surface area contributed by atoms with Crippen LogP contribution >= 0.6 is 11.6 Å². The Morgan fingerprint density at radius 1 is 1.37 bits per heavy atom. The predicted molar refractivity (Wildman–Crippen MR) is 75.3 cm³/mol. The summed E-state index contributed by atoms with van der Waals surface area (Å²) in [5, 5.41) is 3.32. The number of halogens is 1. The molecule has 1 unspecified atom stereocenters. The number of nitrogens with one attached hydrogen (secondary N) is 1. The zero-order valence-corrected chi connectivity index (χ0v) is 11.8. The molecule has 0 aliphatic carbocycles. The summed E-state index contributed by atoms with van der Waals surface area (Å²) in [5.74, 6) is -0.221. The van der Waals surface area contributed by atoms with E-state index in [-0.39, 0.29) is 18.2 Å². The van der Waals surface area contributed by atoms with E-state index in [1.54, 1.807) is 24.0 Å². The van der Waals surface area contributed by atoms with Gasteiger partial charge in [0.25, 0.3) is 5.91 Å². The molecule has 1 aromatic carbocycles. The lowest BCUT2D eigenvalue weighted by Crippen LogP contribution is -2.54. The van der Waals surface area contributed by atoms with Gasteiger partial charge < -0.3 is 10.2 Å². The smallest absolute Gasteiger partial charge is 0.252 e. The first-order valence-electron chi connectivity index (χ1n) is 6.35. The van der Waals surface area contributed by atoms with E-state index in [0.717, 1.165) is 0 Å². The van der Waals surface area contributed by atoms with Crippen molar-refractivity contribution < 1.29 is 9.59 Å². The van der Waals surface area contributed by atoms with Crippen molar-refractivity contribution in [1.82, 2.24) is 5.32 Å². The van der Waals surface area contributed by atoms with Gasteiger partial charge in [-0.2, -0.15) is 0 Å². The summed E-state index contributed by atoms with van der Waals surface area (Å²) < 4.78 is 0. The Morgan fingerprint density at radius 2 is 2.05 bits per heavy atom. The van der Waals surface area contributed by atoms with Crippen LogP contribution in [-0.2, 0) is 9.59 Å². The minimum absolute atomic E-state index is 0.104. The topological polar surface area (TPSA) is 49.4 Å². The van der Waals surface area contributed by atoms with Crippen molar-refractivity contribution in [2.75, 3.05) is 11.4 Å². The van der Waals surface area contributed by atoms with Gasteiger partial charge in [0.15, 0.2) is 0 Å². The van der Waals surface area contributed by atoms with E-state index in [1.165, 1.54) is 0 Å². The number of hydrogen-bond acceptors (Lipinski definition) is 2. The van der Waals surface area contributed by atoms with Gasteiger partial charge in [0, 0.05) is 13.0 Å². The highest BCUT2D eigenvalue weighted by molar-refractivity contribution is 6.34. The summed E-state index contributed by atoms with van der Waals surface area (Å²) >= 11 is 6.15.